The first-order chi connectivity index (χ1) is 16.1. The van der Waals surface area contributed by atoms with Crippen molar-refractivity contribution in [3.63, 3.8) is 0 Å². The Balaban J connectivity index is 1.96. The maximum atomic E-state index is 13.0. The molecule has 0 heterocycles. The molecular weight excluding hydrogens is 450 g/mol. The van der Waals surface area contributed by atoms with Gasteiger partial charge < -0.3 is 25.2 Å². The van der Waals surface area contributed by atoms with Gasteiger partial charge in [0.2, 0.25) is 12.3 Å². The van der Waals surface area contributed by atoms with Crippen LogP contribution in [0.4, 0.5) is 4.79 Å². The van der Waals surface area contributed by atoms with E-state index in [2.05, 4.69) is 15.4 Å². The molecule has 1 aliphatic rings. The summed E-state index contributed by atoms with van der Waals surface area (Å²) in [7, 11) is 1.07. The number of imide groups is 1. The standard InChI is InChI=1S/C22H27N3O9/c1-12(2)17(19(28)25(11-26)18-15(20(29)30)16(18)21(31)33-3)24-14(27)9-23-22(32)34-10-13-7-5-4-6-8-13/h4-8,11-12,15-18H,9-10H2,1-3H3,(H,23,32)(H,24,27)(H,29,30)/t15-,16-,17-,18?/m0/s1. The van der Waals surface area contributed by atoms with Crippen molar-refractivity contribution in [1.82, 2.24) is 15.5 Å². The zero-order valence-electron chi connectivity index (χ0n) is 18.9. The van der Waals surface area contributed by atoms with Crippen molar-refractivity contribution < 1.29 is 43.3 Å². The van der Waals surface area contributed by atoms with E-state index < -0.39 is 66.2 Å². The van der Waals surface area contributed by atoms with Gasteiger partial charge in [0.15, 0.2) is 0 Å². The zero-order chi connectivity index (χ0) is 25.4. The van der Waals surface area contributed by atoms with Gasteiger partial charge in [0.05, 0.1) is 25.0 Å². The summed E-state index contributed by atoms with van der Waals surface area (Å²) in [6.45, 7) is 2.71. The van der Waals surface area contributed by atoms with Crippen LogP contribution in [0, 0.1) is 17.8 Å². The Kier molecular flexibility index (Phi) is 9.10. The molecule has 12 nitrogen and oxygen atoms in total. The molecule has 0 aliphatic heterocycles. The molecule has 34 heavy (non-hydrogen) atoms. The summed E-state index contributed by atoms with van der Waals surface area (Å²) in [5.41, 5.74) is 0.756. The largest absolute Gasteiger partial charge is 0.481 e. The van der Waals surface area contributed by atoms with E-state index in [0.29, 0.717) is 4.90 Å². The maximum Gasteiger partial charge on any atom is 0.407 e. The van der Waals surface area contributed by atoms with Crippen LogP contribution >= 0.6 is 0 Å². The van der Waals surface area contributed by atoms with Crippen LogP contribution in [-0.4, -0.2) is 72.0 Å². The highest BCUT2D eigenvalue weighted by Gasteiger charge is 2.64. The molecule has 4 amide bonds. The van der Waals surface area contributed by atoms with Crippen molar-refractivity contribution in [2.75, 3.05) is 13.7 Å². The van der Waals surface area contributed by atoms with Gasteiger partial charge in [0.25, 0.3) is 5.91 Å². The second-order valence-corrected chi connectivity index (χ2v) is 7.96. The molecule has 1 fully saturated rings. The summed E-state index contributed by atoms with van der Waals surface area (Å²) >= 11 is 0. The van der Waals surface area contributed by atoms with E-state index in [9.17, 15) is 33.9 Å². The van der Waals surface area contributed by atoms with Gasteiger partial charge in [-0.3, -0.25) is 28.9 Å². The third kappa shape index (κ3) is 6.53. The Morgan fingerprint density at radius 3 is 2.29 bits per heavy atom. The summed E-state index contributed by atoms with van der Waals surface area (Å²) < 4.78 is 9.56. The number of carbonyl (C=O) groups is 6. The SMILES string of the molecule is COC(=O)[C@@H]1C(N(C=O)C(=O)[C@@H](NC(=O)CNC(=O)OCc2ccccc2)C(C)C)[C@H]1C(=O)O. The van der Waals surface area contributed by atoms with Crippen LogP contribution in [0.5, 0.6) is 0 Å². The van der Waals surface area contributed by atoms with Gasteiger partial charge in [-0.15, -0.1) is 0 Å². The molecule has 1 aromatic carbocycles. The molecule has 3 N–H and O–H groups in total. The number of nitrogens with zero attached hydrogens (tertiary/aromatic N) is 1. The molecule has 184 valence electrons. The van der Waals surface area contributed by atoms with Gasteiger partial charge in [-0.2, -0.15) is 0 Å². The Morgan fingerprint density at radius 1 is 1.12 bits per heavy atom. The highest BCUT2D eigenvalue weighted by molar-refractivity contribution is 5.98. The second-order valence-electron chi connectivity index (χ2n) is 7.96. The lowest BCUT2D eigenvalue weighted by atomic mass is 10.0. The molecule has 0 saturated heterocycles. The third-order valence-corrected chi connectivity index (χ3v) is 5.28. The van der Waals surface area contributed by atoms with E-state index in [0.717, 1.165) is 12.7 Å². The molecule has 12 heteroatoms. The fourth-order valence-corrected chi connectivity index (χ4v) is 3.46. The molecule has 0 spiro atoms. The smallest absolute Gasteiger partial charge is 0.407 e. The molecule has 1 saturated carbocycles. The number of hydrogen-bond acceptors (Lipinski definition) is 8. The molecule has 4 atom stereocenters. The van der Waals surface area contributed by atoms with Crippen LogP contribution in [0.25, 0.3) is 0 Å². The average molecular weight is 477 g/mol. The normalized spacial score (nSPS) is 19.4. The van der Waals surface area contributed by atoms with E-state index in [4.69, 9.17) is 4.74 Å². The number of methoxy groups -OCH3 is 1. The minimum absolute atomic E-state index is 0.00316. The molecular formula is C22H27N3O9. The van der Waals surface area contributed by atoms with Crippen LogP contribution in [0.15, 0.2) is 30.3 Å². The number of carboxylic acid groups (broad SMARTS) is 1. The lowest BCUT2D eigenvalue weighted by Gasteiger charge is -2.26. The van der Waals surface area contributed by atoms with Crippen LogP contribution in [0.3, 0.4) is 0 Å². The average Bonchev–Trinajstić information content (AvgIpc) is 3.55. The second kappa shape index (κ2) is 11.8. The molecule has 0 aromatic heterocycles. The summed E-state index contributed by atoms with van der Waals surface area (Å²) in [6, 6.07) is 6.46. The van der Waals surface area contributed by atoms with Crippen LogP contribution in [0.1, 0.15) is 19.4 Å². The topological polar surface area (TPSA) is 168 Å². The predicted molar refractivity (Wildman–Crippen MR) is 115 cm³/mol. The Hall–Kier alpha value is -3.96. The fraction of sp³-hybridized carbons (Fsp3) is 0.455. The van der Waals surface area contributed by atoms with Gasteiger partial charge in [0.1, 0.15) is 19.2 Å². The number of rotatable bonds is 11. The highest BCUT2D eigenvalue weighted by Crippen LogP contribution is 2.44. The van der Waals surface area contributed by atoms with Gasteiger partial charge >= 0.3 is 18.0 Å². The van der Waals surface area contributed by atoms with E-state index in [1.54, 1.807) is 38.1 Å². The van der Waals surface area contributed by atoms with Crippen molar-refractivity contribution in [3.05, 3.63) is 35.9 Å². The van der Waals surface area contributed by atoms with Gasteiger partial charge in [-0.05, 0) is 11.5 Å². The first-order valence-electron chi connectivity index (χ1n) is 10.4. The number of benzene rings is 1. The van der Waals surface area contributed by atoms with E-state index in [1.165, 1.54) is 0 Å². The monoisotopic (exact) mass is 477 g/mol. The number of amides is 4. The van der Waals surface area contributed by atoms with Crippen molar-refractivity contribution in [1.29, 1.82) is 0 Å². The Labute approximate surface area is 195 Å². The first-order valence-corrected chi connectivity index (χ1v) is 10.4. The number of alkyl carbamates (subject to hydrolysis) is 1. The van der Waals surface area contributed by atoms with E-state index in [1.807, 2.05) is 6.07 Å². The van der Waals surface area contributed by atoms with Crippen molar-refractivity contribution in [3.8, 4) is 0 Å². The van der Waals surface area contributed by atoms with Crippen molar-refractivity contribution >= 4 is 36.3 Å². The van der Waals surface area contributed by atoms with Gasteiger partial charge in [-0.25, -0.2) is 4.79 Å². The number of aliphatic carboxylic acids is 1. The van der Waals surface area contributed by atoms with E-state index >= 15 is 0 Å². The minimum atomic E-state index is -1.36. The van der Waals surface area contributed by atoms with Gasteiger partial charge in [-0.1, -0.05) is 44.2 Å². The number of carboxylic acids is 1. The lowest BCUT2D eigenvalue weighted by molar-refractivity contribution is -0.146. The predicted octanol–water partition coefficient (Wildman–Crippen LogP) is -0.0892. The molecule has 1 aliphatic carbocycles. The number of nitrogens with one attached hydrogen (secondary N) is 2. The summed E-state index contributed by atoms with van der Waals surface area (Å²) in [4.78, 5) is 72.7. The maximum absolute atomic E-state index is 13.0. The molecule has 0 bridgehead atoms. The lowest BCUT2D eigenvalue weighted by Crippen LogP contribution is -2.54. The summed E-state index contributed by atoms with van der Waals surface area (Å²) in [5, 5.41) is 14.0. The summed E-state index contributed by atoms with van der Waals surface area (Å²) in [5.74, 6) is -6.82. The highest BCUT2D eigenvalue weighted by atomic mass is 16.5. The molecule has 2 rings (SSSR count). The van der Waals surface area contributed by atoms with Crippen LogP contribution < -0.4 is 10.6 Å². The number of ether oxygens (including phenoxy) is 2. The number of carbonyl (C=O) groups excluding carboxylic acids is 5. The van der Waals surface area contributed by atoms with Crippen molar-refractivity contribution in [2.24, 2.45) is 17.8 Å². The molecule has 1 unspecified atom stereocenters. The quantitative estimate of drug-likeness (QED) is 0.291. The number of esters is 1. The minimum Gasteiger partial charge on any atom is -0.481 e. The Bertz CT molecular complexity index is 935. The van der Waals surface area contributed by atoms with Crippen LogP contribution in [0.2, 0.25) is 0 Å². The zero-order valence-corrected chi connectivity index (χ0v) is 18.9. The van der Waals surface area contributed by atoms with Crippen LogP contribution in [-0.2, 0) is 40.1 Å². The Morgan fingerprint density at radius 2 is 1.76 bits per heavy atom. The van der Waals surface area contributed by atoms with E-state index in [-0.39, 0.29) is 13.0 Å². The van der Waals surface area contributed by atoms with Crippen molar-refractivity contribution in [2.45, 2.75) is 32.5 Å². The number of hydrogen-bond donors (Lipinski definition) is 3. The third-order valence-electron chi connectivity index (χ3n) is 5.28. The first kappa shape index (κ1) is 26.3. The van der Waals surface area contributed by atoms with Gasteiger partial charge in [0, 0.05) is 0 Å². The summed E-state index contributed by atoms with van der Waals surface area (Å²) in [6.07, 6.45) is -0.712. The molecule has 0 radical (unpaired) electrons. The fourth-order valence-electron chi connectivity index (χ4n) is 3.46. The molecule has 1 aromatic rings.